The fraction of sp³-hybridized carbons (Fsp3) is 0.538. The van der Waals surface area contributed by atoms with Gasteiger partial charge in [0.25, 0.3) is 10.2 Å². The van der Waals surface area contributed by atoms with Crippen LogP contribution in [0, 0.1) is 0 Å². The molecule has 2 rings (SSSR count). The molecule has 112 valence electrons. The first kappa shape index (κ1) is 15.4. The van der Waals surface area contributed by atoms with Crippen LogP contribution in [0.1, 0.15) is 18.1 Å². The van der Waals surface area contributed by atoms with Gasteiger partial charge in [-0.2, -0.15) is 12.7 Å². The molecule has 0 amide bonds. The van der Waals surface area contributed by atoms with Crippen LogP contribution in [0.3, 0.4) is 0 Å². The molecule has 2 unspecified atom stereocenters. The van der Waals surface area contributed by atoms with E-state index >= 15 is 0 Å². The molecule has 1 aliphatic rings. The van der Waals surface area contributed by atoms with Crippen LogP contribution in [-0.4, -0.2) is 43.1 Å². The lowest BCUT2D eigenvalue weighted by molar-refractivity contribution is 0.164. The zero-order chi connectivity index (χ0) is 14.8. The Kier molecular flexibility index (Phi) is 4.77. The average Bonchev–Trinajstić information content (AvgIpc) is 2.44. The zero-order valence-electron chi connectivity index (χ0n) is 11.5. The highest BCUT2D eigenvalue weighted by atomic mass is 32.2. The van der Waals surface area contributed by atoms with Crippen LogP contribution in [0.5, 0.6) is 0 Å². The first-order valence-electron chi connectivity index (χ1n) is 6.65. The number of hydrogen-bond donors (Lipinski definition) is 3. The lowest BCUT2D eigenvalue weighted by atomic mass is 10.0. The number of benzene rings is 1. The van der Waals surface area contributed by atoms with E-state index in [-0.39, 0.29) is 6.54 Å². The number of nitrogens with two attached hydrogens (primary N) is 1. The van der Waals surface area contributed by atoms with Crippen LogP contribution < -0.4 is 10.5 Å². The second kappa shape index (κ2) is 6.19. The second-order valence-electron chi connectivity index (χ2n) is 5.11. The van der Waals surface area contributed by atoms with E-state index in [4.69, 9.17) is 5.73 Å². The molecule has 0 bridgehead atoms. The molecule has 1 aromatic carbocycles. The van der Waals surface area contributed by atoms with Crippen molar-refractivity contribution in [2.45, 2.75) is 32.0 Å². The third kappa shape index (κ3) is 3.56. The summed E-state index contributed by atoms with van der Waals surface area (Å²) in [5, 5.41) is 9.28. The van der Waals surface area contributed by atoms with Gasteiger partial charge in [-0.25, -0.2) is 4.72 Å². The highest BCUT2D eigenvalue weighted by Crippen LogP contribution is 2.20. The number of fused-ring (bicyclic) bond motifs is 1. The van der Waals surface area contributed by atoms with Gasteiger partial charge < -0.3 is 10.8 Å². The molecule has 0 aliphatic carbocycles. The Labute approximate surface area is 119 Å². The summed E-state index contributed by atoms with van der Waals surface area (Å²) < 4.78 is 28.3. The van der Waals surface area contributed by atoms with Gasteiger partial charge in [-0.15, -0.1) is 0 Å². The number of rotatable bonds is 5. The van der Waals surface area contributed by atoms with Gasteiger partial charge in [-0.05, 0) is 24.5 Å². The molecule has 1 aliphatic heterocycles. The number of aliphatic hydroxyl groups is 1. The van der Waals surface area contributed by atoms with E-state index in [2.05, 4.69) is 4.72 Å². The highest BCUT2D eigenvalue weighted by Gasteiger charge is 2.26. The number of aliphatic hydroxyl groups excluding tert-OH is 1. The predicted molar refractivity (Wildman–Crippen MR) is 77.1 cm³/mol. The molecule has 0 saturated heterocycles. The van der Waals surface area contributed by atoms with E-state index in [9.17, 15) is 13.5 Å². The maximum Gasteiger partial charge on any atom is 0.279 e. The van der Waals surface area contributed by atoms with Gasteiger partial charge in [0.15, 0.2) is 0 Å². The van der Waals surface area contributed by atoms with Gasteiger partial charge in [0.2, 0.25) is 0 Å². The Bertz CT molecular complexity index is 560. The summed E-state index contributed by atoms with van der Waals surface area (Å²) in [4.78, 5) is 0. The third-order valence-electron chi connectivity index (χ3n) is 3.56. The third-order valence-corrected chi connectivity index (χ3v) is 5.08. The van der Waals surface area contributed by atoms with E-state index in [1.165, 1.54) is 16.8 Å². The van der Waals surface area contributed by atoms with Crippen LogP contribution in [-0.2, 0) is 23.2 Å². The fourth-order valence-corrected chi connectivity index (χ4v) is 3.36. The van der Waals surface area contributed by atoms with Crippen molar-refractivity contribution < 1.29 is 13.5 Å². The van der Waals surface area contributed by atoms with Gasteiger partial charge in [0, 0.05) is 25.7 Å². The van der Waals surface area contributed by atoms with Crippen LogP contribution in [0.4, 0.5) is 0 Å². The van der Waals surface area contributed by atoms with E-state index in [0.29, 0.717) is 19.5 Å². The first-order chi connectivity index (χ1) is 9.40. The van der Waals surface area contributed by atoms with Crippen LogP contribution >= 0.6 is 0 Å². The van der Waals surface area contributed by atoms with Crippen molar-refractivity contribution >= 4 is 10.2 Å². The molecule has 7 heteroatoms. The largest absolute Gasteiger partial charge is 0.392 e. The standard InChI is InChI=1S/C13H21N3O3S/c1-10(17)13(14)8-15-20(18,19)16-7-6-11-4-2-3-5-12(11)9-16/h2-5,10,13,15,17H,6-9,14H2,1H3. The lowest BCUT2D eigenvalue weighted by Gasteiger charge is -2.28. The molecule has 0 fully saturated rings. The van der Waals surface area contributed by atoms with Crippen molar-refractivity contribution in [2.75, 3.05) is 13.1 Å². The van der Waals surface area contributed by atoms with Crippen LogP contribution in [0.25, 0.3) is 0 Å². The predicted octanol–water partition coefficient (Wildman–Crippen LogP) is -0.413. The summed E-state index contributed by atoms with van der Waals surface area (Å²) >= 11 is 0. The van der Waals surface area contributed by atoms with Gasteiger partial charge in [0.1, 0.15) is 0 Å². The Morgan fingerprint density at radius 1 is 1.40 bits per heavy atom. The molecule has 0 radical (unpaired) electrons. The van der Waals surface area contributed by atoms with E-state index in [1.54, 1.807) is 0 Å². The molecule has 6 nitrogen and oxygen atoms in total. The lowest BCUT2D eigenvalue weighted by Crippen LogP contribution is -2.49. The Hall–Kier alpha value is -0.990. The molecule has 0 aromatic heterocycles. The monoisotopic (exact) mass is 299 g/mol. The minimum atomic E-state index is -3.56. The molecule has 0 saturated carbocycles. The average molecular weight is 299 g/mol. The molecule has 0 spiro atoms. The molecule has 20 heavy (non-hydrogen) atoms. The Morgan fingerprint density at radius 2 is 2.05 bits per heavy atom. The minimum absolute atomic E-state index is 0.0259. The van der Waals surface area contributed by atoms with Gasteiger partial charge in [0.05, 0.1) is 6.10 Å². The second-order valence-corrected chi connectivity index (χ2v) is 6.87. The van der Waals surface area contributed by atoms with Crippen molar-refractivity contribution in [2.24, 2.45) is 5.73 Å². The SMILES string of the molecule is CC(O)C(N)CNS(=O)(=O)N1CCc2ccccc2C1. The molecule has 1 aromatic rings. The van der Waals surface area contributed by atoms with Gasteiger partial charge in [-0.3, -0.25) is 0 Å². The summed E-state index contributed by atoms with van der Waals surface area (Å²) in [6.07, 6.45) is -0.0423. The van der Waals surface area contributed by atoms with E-state index < -0.39 is 22.4 Å². The van der Waals surface area contributed by atoms with Crippen molar-refractivity contribution in [3.8, 4) is 0 Å². The van der Waals surface area contributed by atoms with Gasteiger partial charge in [-0.1, -0.05) is 24.3 Å². The molecular formula is C13H21N3O3S. The number of nitrogens with one attached hydrogen (secondary N) is 1. The van der Waals surface area contributed by atoms with Crippen molar-refractivity contribution in [3.05, 3.63) is 35.4 Å². The normalized spacial score (nSPS) is 19.4. The summed E-state index contributed by atoms with van der Waals surface area (Å²) in [5.41, 5.74) is 7.86. The first-order valence-corrected chi connectivity index (χ1v) is 8.09. The Morgan fingerprint density at radius 3 is 2.70 bits per heavy atom. The minimum Gasteiger partial charge on any atom is -0.392 e. The maximum atomic E-state index is 12.2. The van der Waals surface area contributed by atoms with Crippen LogP contribution in [0.2, 0.25) is 0 Å². The number of nitrogens with zero attached hydrogens (tertiary/aromatic N) is 1. The van der Waals surface area contributed by atoms with Crippen molar-refractivity contribution in [1.29, 1.82) is 0 Å². The molecule has 2 atom stereocenters. The summed E-state index contributed by atoms with van der Waals surface area (Å²) in [7, 11) is -3.56. The quantitative estimate of drug-likeness (QED) is 0.688. The Balaban J connectivity index is 2.01. The van der Waals surface area contributed by atoms with E-state index in [0.717, 1.165) is 5.56 Å². The summed E-state index contributed by atoms with van der Waals surface area (Å²) in [6, 6.07) is 7.23. The molecule has 1 heterocycles. The van der Waals surface area contributed by atoms with E-state index in [1.807, 2.05) is 24.3 Å². The van der Waals surface area contributed by atoms with Crippen molar-refractivity contribution in [3.63, 3.8) is 0 Å². The smallest absolute Gasteiger partial charge is 0.279 e. The summed E-state index contributed by atoms with van der Waals surface area (Å²) in [5.74, 6) is 0. The van der Waals surface area contributed by atoms with Crippen LogP contribution in [0.15, 0.2) is 24.3 Å². The van der Waals surface area contributed by atoms with Crippen molar-refractivity contribution in [1.82, 2.24) is 9.03 Å². The number of hydrogen-bond acceptors (Lipinski definition) is 4. The topological polar surface area (TPSA) is 95.7 Å². The zero-order valence-corrected chi connectivity index (χ0v) is 12.3. The molecule has 4 N–H and O–H groups in total. The highest BCUT2D eigenvalue weighted by molar-refractivity contribution is 7.87. The maximum absolute atomic E-state index is 12.2. The van der Waals surface area contributed by atoms with Gasteiger partial charge >= 0.3 is 0 Å². The molecular weight excluding hydrogens is 278 g/mol. The fourth-order valence-electron chi connectivity index (χ4n) is 2.14. The summed E-state index contributed by atoms with van der Waals surface area (Å²) in [6.45, 7) is 2.39.